The highest BCUT2D eigenvalue weighted by Gasteiger charge is 2.44. The first kappa shape index (κ1) is 12.2. The highest BCUT2D eigenvalue weighted by molar-refractivity contribution is 6.05. The van der Waals surface area contributed by atoms with Crippen LogP contribution in [0.4, 0.5) is 0 Å². The van der Waals surface area contributed by atoms with Crippen LogP contribution >= 0.6 is 0 Å². The molecule has 0 aromatic rings. The molecule has 1 atom stereocenters. The van der Waals surface area contributed by atoms with Crippen molar-refractivity contribution in [1.82, 2.24) is 10.2 Å². The summed E-state index contributed by atoms with van der Waals surface area (Å²) in [6.45, 7) is 3.10. The van der Waals surface area contributed by atoms with Gasteiger partial charge in [-0.2, -0.15) is 0 Å². The predicted octanol–water partition coefficient (Wildman–Crippen LogP) is 1.45. The smallest absolute Gasteiger partial charge is 0.247 e. The lowest BCUT2D eigenvalue weighted by molar-refractivity contribution is -0.141. The summed E-state index contributed by atoms with van der Waals surface area (Å²) in [5, 5.41) is 3.31. The molecule has 18 heavy (non-hydrogen) atoms. The van der Waals surface area contributed by atoms with Gasteiger partial charge in [-0.15, -0.1) is 0 Å². The molecule has 0 aromatic heterocycles. The molecular weight excluding hydrogens is 228 g/mol. The monoisotopic (exact) mass is 250 g/mol. The average molecular weight is 250 g/mol. The van der Waals surface area contributed by atoms with Crippen LogP contribution in [0.1, 0.15) is 51.9 Å². The second kappa shape index (κ2) is 4.34. The number of imide groups is 1. The molecule has 2 aliphatic carbocycles. The molecule has 1 saturated heterocycles. The number of nitrogens with zero attached hydrogens (tertiary/aromatic N) is 1. The summed E-state index contributed by atoms with van der Waals surface area (Å²) in [6.07, 6.45) is 7.15. The van der Waals surface area contributed by atoms with Crippen molar-refractivity contribution in [1.29, 1.82) is 0 Å². The Morgan fingerprint density at radius 1 is 1.28 bits per heavy atom. The molecule has 3 fully saturated rings. The molecular formula is C14H22N2O2. The maximum absolute atomic E-state index is 12.3. The number of nitrogens with one attached hydrogen (secondary N) is 1. The summed E-state index contributed by atoms with van der Waals surface area (Å²) in [5.41, 5.74) is 0.379. The summed E-state index contributed by atoms with van der Waals surface area (Å²) < 4.78 is 0. The van der Waals surface area contributed by atoms with Crippen molar-refractivity contribution in [3.63, 3.8) is 0 Å². The second-order valence-corrected chi connectivity index (χ2v) is 6.49. The van der Waals surface area contributed by atoms with Crippen LogP contribution in [0.25, 0.3) is 0 Å². The fraction of sp³-hybridized carbons (Fsp3) is 0.857. The molecule has 3 aliphatic rings. The van der Waals surface area contributed by atoms with Gasteiger partial charge in [-0.3, -0.25) is 14.5 Å². The Morgan fingerprint density at radius 2 is 1.94 bits per heavy atom. The predicted molar refractivity (Wildman–Crippen MR) is 67.9 cm³/mol. The molecule has 2 amide bonds. The van der Waals surface area contributed by atoms with Crippen molar-refractivity contribution in [3.05, 3.63) is 0 Å². The Bertz CT molecular complexity index is 370. The largest absolute Gasteiger partial charge is 0.305 e. The van der Waals surface area contributed by atoms with Gasteiger partial charge in [-0.1, -0.05) is 19.8 Å². The molecule has 1 unspecified atom stereocenters. The topological polar surface area (TPSA) is 49.4 Å². The number of likely N-dealkylation sites (tertiary alicyclic amines) is 1. The van der Waals surface area contributed by atoms with E-state index in [1.54, 1.807) is 4.90 Å². The zero-order chi connectivity index (χ0) is 12.8. The van der Waals surface area contributed by atoms with E-state index in [1.165, 1.54) is 12.8 Å². The quantitative estimate of drug-likeness (QED) is 0.768. The molecule has 2 saturated carbocycles. The number of hydrogen-bond acceptors (Lipinski definition) is 3. The standard InChI is InChI=1S/C14H22N2O2/c1-14(6-7-14)9-15-11-8-12(17)16(13(11)18)10-4-2-3-5-10/h10-11,15H,2-9H2,1H3. The number of carbonyl (C=O) groups excluding carboxylic acids is 2. The first-order valence-corrected chi connectivity index (χ1v) is 7.18. The first-order valence-electron chi connectivity index (χ1n) is 7.18. The van der Waals surface area contributed by atoms with Gasteiger partial charge in [0.1, 0.15) is 0 Å². The van der Waals surface area contributed by atoms with Crippen molar-refractivity contribution in [3.8, 4) is 0 Å². The summed E-state index contributed by atoms with van der Waals surface area (Å²) >= 11 is 0. The zero-order valence-corrected chi connectivity index (χ0v) is 11.1. The average Bonchev–Trinajstić information content (AvgIpc) is 2.77. The summed E-state index contributed by atoms with van der Waals surface area (Å²) in [5.74, 6) is 0.0569. The molecule has 3 rings (SSSR count). The van der Waals surface area contributed by atoms with Crippen LogP contribution in [-0.2, 0) is 9.59 Å². The summed E-state index contributed by atoms with van der Waals surface area (Å²) in [6, 6.07) is -0.0659. The van der Waals surface area contributed by atoms with Gasteiger partial charge in [0.15, 0.2) is 0 Å². The normalized spacial score (nSPS) is 31.4. The third-order valence-electron chi connectivity index (χ3n) is 4.75. The van der Waals surface area contributed by atoms with Crippen molar-refractivity contribution in [2.24, 2.45) is 5.41 Å². The van der Waals surface area contributed by atoms with Crippen molar-refractivity contribution in [2.75, 3.05) is 6.54 Å². The molecule has 0 spiro atoms. The van der Waals surface area contributed by atoms with Gasteiger partial charge in [0, 0.05) is 12.6 Å². The van der Waals surface area contributed by atoms with Gasteiger partial charge in [-0.25, -0.2) is 0 Å². The van der Waals surface area contributed by atoms with E-state index in [0.29, 0.717) is 11.8 Å². The number of hydrogen-bond donors (Lipinski definition) is 1. The molecule has 4 nitrogen and oxygen atoms in total. The third-order valence-corrected chi connectivity index (χ3v) is 4.75. The highest BCUT2D eigenvalue weighted by Crippen LogP contribution is 2.44. The number of rotatable bonds is 4. The van der Waals surface area contributed by atoms with Crippen LogP contribution in [0.5, 0.6) is 0 Å². The van der Waals surface area contributed by atoms with E-state index in [-0.39, 0.29) is 23.9 Å². The van der Waals surface area contributed by atoms with E-state index in [9.17, 15) is 9.59 Å². The van der Waals surface area contributed by atoms with Crippen LogP contribution in [0.2, 0.25) is 0 Å². The molecule has 0 radical (unpaired) electrons. The Kier molecular flexibility index (Phi) is 2.93. The van der Waals surface area contributed by atoms with E-state index >= 15 is 0 Å². The molecule has 4 heteroatoms. The van der Waals surface area contributed by atoms with Crippen LogP contribution in [0, 0.1) is 5.41 Å². The molecule has 1 N–H and O–H groups in total. The molecule has 100 valence electrons. The van der Waals surface area contributed by atoms with E-state index < -0.39 is 0 Å². The van der Waals surface area contributed by atoms with Gasteiger partial charge < -0.3 is 5.32 Å². The van der Waals surface area contributed by atoms with E-state index in [2.05, 4.69) is 12.2 Å². The van der Waals surface area contributed by atoms with Gasteiger partial charge >= 0.3 is 0 Å². The van der Waals surface area contributed by atoms with Crippen molar-refractivity contribution < 1.29 is 9.59 Å². The fourth-order valence-corrected chi connectivity index (χ4v) is 3.12. The molecule has 0 aromatic carbocycles. The van der Waals surface area contributed by atoms with Crippen molar-refractivity contribution in [2.45, 2.75) is 64.0 Å². The third kappa shape index (κ3) is 2.18. The SMILES string of the molecule is CC1(CNC2CC(=O)N(C3CCCC3)C2=O)CC1. The fourth-order valence-electron chi connectivity index (χ4n) is 3.12. The van der Waals surface area contributed by atoms with E-state index in [4.69, 9.17) is 0 Å². The minimum absolute atomic E-state index is 0.0242. The van der Waals surface area contributed by atoms with Gasteiger partial charge in [0.25, 0.3) is 0 Å². The Balaban J connectivity index is 1.60. The lowest BCUT2D eigenvalue weighted by Gasteiger charge is -2.22. The van der Waals surface area contributed by atoms with E-state index in [1.807, 2.05) is 0 Å². The second-order valence-electron chi connectivity index (χ2n) is 6.49. The highest BCUT2D eigenvalue weighted by atomic mass is 16.2. The number of amides is 2. The maximum Gasteiger partial charge on any atom is 0.247 e. The van der Waals surface area contributed by atoms with Crippen LogP contribution in [-0.4, -0.2) is 35.3 Å². The Labute approximate surface area is 108 Å². The summed E-state index contributed by atoms with van der Waals surface area (Å²) in [4.78, 5) is 25.8. The Morgan fingerprint density at radius 3 is 2.56 bits per heavy atom. The minimum Gasteiger partial charge on any atom is -0.305 e. The molecule has 1 aliphatic heterocycles. The minimum atomic E-state index is -0.254. The van der Waals surface area contributed by atoms with Crippen molar-refractivity contribution >= 4 is 11.8 Å². The van der Waals surface area contributed by atoms with Gasteiger partial charge in [-0.05, 0) is 31.1 Å². The number of carbonyl (C=O) groups is 2. The zero-order valence-electron chi connectivity index (χ0n) is 11.1. The maximum atomic E-state index is 12.3. The lowest BCUT2D eigenvalue weighted by atomic mass is 10.1. The van der Waals surface area contributed by atoms with Crippen LogP contribution < -0.4 is 5.32 Å². The van der Waals surface area contributed by atoms with Gasteiger partial charge in [0.05, 0.1) is 12.5 Å². The Hall–Kier alpha value is -0.900. The van der Waals surface area contributed by atoms with Crippen LogP contribution in [0.3, 0.4) is 0 Å². The lowest BCUT2D eigenvalue weighted by Crippen LogP contribution is -2.44. The summed E-state index contributed by atoms with van der Waals surface area (Å²) in [7, 11) is 0. The van der Waals surface area contributed by atoms with E-state index in [0.717, 1.165) is 32.2 Å². The molecule has 1 heterocycles. The van der Waals surface area contributed by atoms with Crippen LogP contribution in [0.15, 0.2) is 0 Å². The van der Waals surface area contributed by atoms with Gasteiger partial charge in [0.2, 0.25) is 11.8 Å². The first-order chi connectivity index (χ1) is 8.59. The molecule has 0 bridgehead atoms.